The summed E-state index contributed by atoms with van der Waals surface area (Å²) in [6.07, 6.45) is 5.38. The lowest BCUT2D eigenvalue weighted by molar-refractivity contribution is -0.118. The number of ketones is 1. The molecule has 0 radical (unpaired) electrons. The third kappa shape index (κ3) is 3.81. The van der Waals surface area contributed by atoms with Crippen molar-refractivity contribution in [2.45, 2.75) is 26.2 Å². The van der Waals surface area contributed by atoms with Crippen molar-refractivity contribution in [2.75, 3.05) is 0 Å². The number of aryl methyl sites for hydroxylation is 2. The van der Waals surface area contributed by atoms with Gasteiger partial charge < -0.3 is 0 Å². The van der Waals surface area contributed by atoms with Gasteiger partial charge in [0.2, 0.25) is 0 Å². The van der Waals surface area contributed by atoms with Crippen molar-refractivity contribution in [3.63, 3.8) is 0 Å². The van der Waals surface area contributed by atoms with E-state index in [1.165, 1.54) is 11.1 Å². The maximum atomic E-state index is 11.8. The lowest BCUT2D eigenvalue weighted by Gasteiger charge is -2.02. The minimum absolute atomic E-state index is 0.267. The monoisotopic (exact) mass is 239 g/mol. The van der Waals surface area contributed by atoms with Gasteiger partial charge in [-0.3, -0.25) is 9.78 Å². The number of nitrogens with zero attached hydrogens (tertiary/aromatic N) is 1. The Balaban J connectivity index is 1.83. The van der Waals surface area contributed by atoms with Crippen molar-refractivity contribution in [2.24, 2.45) is 0 Å². The fourth-order valence-corrected chi connectivity index (χ4v) is 1.86. The summed E-state index contributed by atoms with van der Waals surface area (Å²) in [7, 11) is 0. The Bertz CT molecular complexity index is 502. The quantitative estimate of drug-likeness (QED) is 0.802. The zero-order valence-corrected chi connectivity index (χ0v) is 10.6. The van der Waals surface area contributed by atoms with Crippen LogP contribution in [0.15, 0.2) is 48.8 Å². The molecular formula is C16H17NO. The van der Waals surface area contributed by atoms with E-state index in [4.69, 9.17) is 0 Å². The highest BCUT2D eigenvalue weighted by molar-refractivity contribution is 5.80. The van der Waals surface area contributed by atoms with Crippen LogP contribution in [0.1, 0.15) is 23.1 Å². The van der Waals surface area contributed by atoms with E-state index in [9.17, 15) is 4.79 Å². The predicted molar refractivity (Wildman–Crippen MR) is 72.4 cm³/mol. The van der Waals surface area contributed by atoms with Crippen LogP contribution in [-0.4, -0.2) is 10.8 Å². The highest BCUT2D eigenvalue weighted by atomic mass is 16.1. The summed E-state index contributed by atoms with van der Waals surface area (Å²) in [6.45, 7) is 2.07. The van der Waals surface area contributed by atoms with Gasteiger partial charge in [0.1, 0.15) is 5.78 Å². The molecule has 1 aromatic carbocycles. The molecule has 1 heterocycles. The summed E-state index contributed by atoms with van der Waals surface area (Å²) in [4.78, 5) is 15.8. The van der Waals surface area contributed by atoms with Gasteiger partial charge in [-0.15, -0.1) is 0 Å². The average molecular weight is 239 g/mol. The van der Waals surface area contributed by atoms with Crippen molar-refractivity contribution in [3.8, 4) is 0 Å². The fraction of sp³-hybridized carbons (Fsp3) is 0.250. The first-order valence-electron chi connectivity index (χ1n) is 6.20. The first kappa shape index (κ1) is 12.5. The summed E-state index contributed by atoms with van der Waals surface area (Å²) in [6, 6.07) is 12.2. The smallest absolute Gasteiger partial charge is 0.137 e. The summed E-state index contributed by atoms with van der Waals surface area (Å²) < 4.78 is 0. The third-order valence-corrected chi connectivity index (χ3v) is 2.94. The molecule has 0 saturated carbocycles. The van der Waals surface area contributed by atoms with Crippen molar-refractivity contribution < 1.29 is 4.79 Å². The van der Waals surface area contributed by atoms with E-state index in [1.54, 1.807) is 12.4 Å². The molecule has 0 atom stereocenters. The third-order valence-electron chi connectivity index (χ3n) is 2.94. The van der Waals surface area contributed by atoms with Crippen molar-refractivity contribution in [1.29, 1.82) is 0 Å². The molecule has 2 rings (SSSR count). The fourth-order valence-electron chi connectivity index (χ4n) is 1.86. The molecule has 1 aromatic heterocycles. The number of Topliss-reactive ketones (excluding diaryl/α,β-unsaturated/α-hetero) is 1. The normalized spacial score (nSPS) is 10.3. The number of carbonyl (C=O) groups excluding carboxylic acids is 1. The predicted octanol–water partition coefficient (Wildman–Crippen LogP) is 3.13. The molecule has 0 aliphatic carbocycles. The number of benzene rings is 1. The van der Waals surface area contributed by atoms with Gasteiger partial charge >= 0.3 is 0 Å². The lowest BCUT2D eigenvalue weighted by Crippen LogP contribution is -2.04. The highest BCUT2D eigenvalue weighted by Crippen LogP contribution is 2.07. The molecule has 2 aromatic rings. The van der Waals surface area contributed by atoms with E-state index in [0.29, 0.717) is 12.8 Å². The number of carbonyl (C=O) groups is 1. The lowest BCUT2D eigenvalue weighted by atomic mass is 10.0. The summed E-state index contributed by atoms with van der Waals surface area (Å²) in [5.41, 5.74) is 3.46. The first-order chi connectivity index (χ1) is 8.74. The van der Waals surface area contributed by atoms with Crippen LogP contribution in [0.25, 0.3) is 0 Å². The second kappa shape index (κ2) is 6.10. The first-order valence-corrected chi connectivity index (χ1v) is 6.20. The molecule has 0 amide bonds. The number of hydrogen-bond donors (Lipinski definition) is 0. The van der Waals surface area contributed by atoms with Gasteiger partial charge in [0.25, 0.3) is 0 Å². The number of aromatic nitrogens is 1. The average Bonchev–Trinajstić information content (AvgIpc) is 2.39. The molecule has 0 aliphatic rings. The number of hydrogen-bond acceptors (Lipinski definition) is 2. The van der Waals surface area contributed by atoms with Crippen LogP contribution in [0.4, 0.5) is 0 Å². The van der Waals surface area contributed by atoms with Gasteiger partial charge in [-0.1, -0.05) is 35.9 Å². The highest BCUT2D eigenvalue weighted by Gasteiger charge is 2.04. The van der Waals surface area contributed by atoms with Gasteiger partial charge in [-0.25, -0.2) is 0 Å². The topological polar surface area (TPSA) is 30.0 Å². The molecular weight excluding hydrogens is 222 g/mol. The molecule has 2 heteroatoms. The molecule has 0 bridgehead atoms. The molecule has 0 unspecified atom stereocenters. The van der Waals surface area contributed by atoms with Crippen molar-refractivity contribution in [1.82, 2.24) is 4.98 Å². The van der Waals surface area contributed by atoms with E-state index in [0.717, 1.165) is 12.0 Å². The molecule has 0 fully saturated rings. The Kier molecular flexibility index (Phi) is 4.24. The maximum absolute atomic E-state index is 11.8. The van der Waals surface area contributed by atoms with E-state index < -0.39 is 0 Å². The van der Waals surface area contributed by atoms with Crippen LogP contribution in [-0.2, 0) is 17.6 Å². The largest absolute Gasteiger partial charge is 0.299 e. The Morgan fingerprint density at radius 1 is 1.11 bits per heavy atom. The van der Waals surface area contributed by atoms with Gasteiger partial charge in [-0.2, -0.15) is 0 Å². The summed E-state index contributed by atoms with van der Waals surface area (Å²) >= 11 is 0. The molecule has 18 heavy (non-hydrogen) atoms. The second-order valence-electron chi connectivity index (χ2n) is 4.56. The Morgan fingerprint density at radius 3 is 2.56 bits per heavy atom. The van der Waals surface area contributed by atoms with Crippen LogP contribution in [0.3, 0.4) is 0 Å². The van der Waals surface area contributed by atoms with Crippen molar-refractivity contribution >= 4 is 5.78 Å². The Labute approximate surface area is 108 Å². The van der Waals surface area contributed by atoms with Gasteiger partial charge in [0, 0.05) is 25.2 Å². The zero-order valence-electron chi connectivity index (χ0n) is 10.6. The standard InChI is InChI=1S/C16H17NO/c1-13-4-6-14(7-5-13)8-9-16(18)11-15-3-2-10-17-12-15/h2-7,10,12H,8-9,11H2,1H3. The molecule has 2 nitrogen and oxygen atoms in total. The molecule has 0 aliphatic heterocycles. The van der Waals surface area contributed by atoms with Gasteiger partial charge in [-0.05, 0) is 30.5 Å². The summed E-state index contributed by atoms with van der Waals surface area (Å²) in [5.74, 6) is 0.267. The maximum Gasteiger partial charge on any atom is 0.137 e. The van der Waals surface area contributed by atoms with Gasteiger partial charge in [0.05, 0.1) is 0 Å². The molecule has 92 valence electrons. The van der Waals surface area contributed by atoms with Crippen LogP contribution in [0.5, 0.6) is 0 Å². The van der Waals surface area contributed by atoms with E-state index in [1.807, 2.05) is 12.1 Å². The van der Waals surface area contributed by atoms with Crippen molar-refractivity contribution in [3.05, 3.63) is 65.5 Å². The Hall–Kier alpha value is -1.96. The Morgan fingerprint density at radius 2 is 1.89 bits per heavy atom. The molecule has 0 N–H and O–H groups in total. The minimum atomic E-state index is 0.267. The number of rotatable bonds is 5. The van der Waals surface area contributed by atoms with E-state index >= 15 is 0 Å². The summed E-state index contributed by atoms with van der Waals surface area (Å²) in [5, 5.41) is 0. The SMILES string of the molecule is Cc1ccc(CCC(=O)Cc2cccnc2)cc1. The van der Waals surface area contributed by atoms with E-state index in [-0.39, 0.29) is 5.78 Å². The van der Waals surface area contributed by atoms with Crippen LogP contribution in [0.2, 0.25) is 0 Å². The molecule has 0 spiro atoms. The second-order valence-corrected chi connectivity index (χ2v) is 4.56. The minimum Gasteiger partial charge on any atom is -0.299 e. The van der Waals surface area contributed by atoms with Crippen LogP contribution in [0, 0.1) is 6.92 Å². The van der Waals surface area contributed by atoms with E-state index in [2.05, 4.69) is 36.2 Å². The molecule has 0 saturated heterocycles. The van der Waals surface area contributed by atoms with Crippen LogP contribution < -0.4 is 0 Å². The zero-order chi connectivity index (χ0) is 12.8. The number of pyridine rings is 1. The van der Waals surface area contributed by atoms with Gasteiger partial charge in [0.15, 0.2) is 0 Å². The van der Waals surface area contributed by atoms with Crippen LogP contribution >= 0.6 is 0 Å².